The third-order valence-electron chi connectivity index (χ3n) is 3.31. The highest BCUT2D eigenvalue weighted by molar-refractivity contribution is 7.11. The van der Waals surface area contributed by atoms with Crippen LogP contribution in [-0.2, 0) is 13.6 Å². The molecule has 0 aliphatic heterocycles. The maximum Gasteiger partial charge on any atom is 0.122 e. The molecule has 1 atom stereocenters. The number of aromatic nitrogens is 3. The zero-order valence-corrected chi connectivity index (χ0v) is 12.5. The molecule has 0 saturated heterocycles. The minimum absolute atomic E-state index is 0.312. The molecule has 0 spiro atoms. The molecule has 0 N–H and O–H groups in total. The van der Waals surface area contributed by atoms with Crippen LogP contribution in [0.15, 0.2) is 12.4 Å². The minimum atomic E-state index is 0.312. The second-order valence-corrected chi connectivity index (χ2v) is 6.13. The highest BCUT2D eigenvalue weighted by Gasteiger charge is 2.18. The van der Waals surface area contributed by atoms with Crippen molar-refractivity contribution >= 4 is 11.3 Å². The first-order chi connectivity index (χ1) is 8.49. The Morgan fingerprint density at radius 1 is 1.44 bits per heavy atom. The van der Waals surface area contributed by atoms with Crippen LogP contribution in [0, 0.1) is 13.8 Å². The molecule has 2 aromatic heterocycles. The standard InChI is InChI=1S/C13H20N4S/c1-9(13-10(2)18-11(3)15-13)17(5)8-12-14-6-7-16(12)4/h6-7,9H,8H2,1-5H3/t9-/m0/s1. The van der Waals surface area contributed by atoms with E-state index >= 15 is 0 Å². The fourth-order valence-corrected chi connectivity index (χ4v) is 2.96. The Morgan fingerprint density at radius 2 is 2.17 bits per heavy atom. The zero-order valence-electron chi connectivity index (χ0n) is 11.6. The maximum atomic E-state index is 4.63. The van der Waals surface area contributed by atoms with Crippen molar-refractivity contribution in [2.45, 2.75) is 33.4 Å². The molecule has 0 unspecified atom stereocenters. The second kappa shape index (κ2) is 5.20. The summed E-state index contributed by atoms with van der Waals surface area (Å²) in [7, 11) is 4.15. The van der Waals surface area contributed by atoms with Crippen LogP contribution >= 0.6 is 11.3 Å². The highest BCUT2D eigenvalue weighted by Crippen LogP contribution is 2.26. The van der Waals surface area contributed by atoms with Crippen LogP contribution in [0.1, 0.15) is 34.4 Å². The number of thiazole rings is 1. The number of rotatable bonds is 4. The third kappa shape index (κ3) is 2.62. The van der Waals surface area contributed by atoms with E-state index in [1.807, 2.05) is 19.4 Å². The summed E-state index contributed by atoms with van der Waals surface area (Å²) >= 11 is 1.77. The van der Waals surface area contributed by atoms with Gasteiger partial charge in [-0.05, 0) is 27.8 Å². The van der Waals surface area contributed by atoms with Crippen molar-refractivity contribution in [2.24, 2.45) is 7.05 Å². The predicted octanol–water partition coefficient (Wildman–Crippen LogP) is 2.69. The van der Waals surface area contributed by atoms with Gasteiger partial charge in [-0.25, -0.2) is 9.97 Å². The van der Waals surface area contributed by atoms with Crippen LogP contribution in [-0.4, -0.2) is 26.5 Å². The summed E-state index contributed by atoms with van der Waals surface area (Å²) in [5.41, 5.74) is 1.19. The van der Waals surface area contributed by atoms with Crippen molar-refractivity contribution in [2.75, 3.05) is 7.05 Å². The number of hydrogen-bond acceptors (Lipinski definition) is 4. The average molecular weight is 264 g/mol. The van der Waals surface area contributed by atoms with E-state index < -0.39 is 0 Å². The van der Waals surface area contributed by atoms with Crippen molar-refractivity contribution < 1.29 is 0 Å². The lowest BCUT2D eigenvalue weighted by Gasteiger charge is -2.23. The van der Waals surface area contributed by atoms with Gasteiger partial charge in [0.15, 0.2) is 0 Å². The van der Waals surface area contributed by atoms with Gasteiger partial charge in [-0.3, -0.25) is 4.90 Å². The Labute approximate surface area is 112 Å². The molecule has 0 radical (unpaired) electrons. The topological polar surface area (TPSA) is 34.0 Å². The lowest BCUT2D eigenvalue weighted by Crippen LogP contribution is -2.24. The van der Waals surface area contributed by atoms with Crippen LogP contribution in [0.5, 0.6) is 0 Å². The lowest BCUT2D eigenvalue weighted by atomic mass is 10.2. The molecule has 2 heterocycles. The molecule has 0 aliphatic rings. The first kappa shape index (κ1) is 13.2. The molecule has 0 aliphatic carbocycles. The van der Waals surface area contributed by atoms with E-state index in [0.29, 0.717) is 6.04 Å². The van der Waals surface area contributed by atoms with Gasteiger partial charge in [0.05, 0.1) is 23.3 Å². The van der Waals surface area contributed by atoms with Gasteiger partial charge < -0.3 is 4.57 Å². The molecule has 98 valence electrons. The Balaban J connectivity index is 2.12. The van der Waals surface area contributed by atoms with Crippen LogP contribution in [0.3, 0.4) is 0 Å². The lowest BCUT2D eigenvalue weighted by molar-refractivity contribution is 0.240. The summed E-state index contributed by atoms with van der Waals surface area (Å²) in [6.45, 7) is 7.24. The van der Waals surface area contributed by atoms with Gasteiger partial charge in [0.1, 0.15) is 5.82 Å². The van der Waals surface area contributed by atoms with Crippen LogP contribution in [0.4, 0.5) is 0 Å². The number of imidazole rings is 1. The fraction of sp³-hybridized carbons (Fsp3) is 0.538. The van der Waals surface area contributed by atoms with E-state index in [9.17, 15) is 0 Å². The Morgan fingerprint density at radius 3 is 2.67 bits per heavy atom. The summed E-state index contributed by atoms with van der Waals surface area (Å²) in [4.78, 5) is 12.6. The molecule has 0 fully saturated rings. The van der Waals surface area contributed by atoms with Crippen LogP contribution in [0.2, 0.25) is 0 Å². The molecule has 0 amide bonds. The molecule has 0 saturated carbocycles. The van der Waals surface area contributed by atoms with Crippen LogP contribution in [0.25, 0.3) is 0 Å². The second-order valence-electron chi connectivity index (χ2n) is 4.72. The molecular weight excluding hydrogens is 244 g/mol. The summed E-state index contributed by atoms with van der Waals surface area (Å²) < 4.78 is 2.06. The smallest absolute Gasteiger partial charge is 0.122 e. The van der Waals surface area contributed by atoms with Gasteiger partial charge in [-0.1, -0.05) is 0 Å². The quantitative estimate of drug-likeness (QED) is 0.851. The molecule has 0 bridgehead atoms. The van der Waals surface area contributed by atoms with E-state index in [1.165, 1.54) is 10.6 Å². The summed E-state index contributed by atoms with van der Waals surface area (Å²) in [5, 5.41) is 1.14. The normalized spacial score (nSPS) is 13.2. The van der Waals surface area contributed by atoms with Gasteiger partial charge in [0, 0.05) is 24.3 Å². The molecule has 2 rings (SSSR count). The van der Waals surface area contributed by atoms with Crippen molar-refractivity contribution in [3.63, 3.8) is 0 Å². The zero-order chi connectivity index (χ0) is 13.3. The van der Waals surface area contributed by atoms with Crippen molar-refractivity contribution in [3.05, 3.63) is 33.8 Å². The molecule has 5 heteroatoms. The largest absolute Gasteiger partial charge is 0.337 e. The Kier molecular flexibility index (Phi) is 3.82. The number of aryl methyl sites for hydroxylation is 3. The first-order valence-corrected chi connectivity index (χ1v) is 6.91. The molecule has 0 aromatic carbocycles. The summed E-state index contributed by atoms with van der Waals surface area (Å²) in [6.07, 6.45) is 3.82. The highest BCUT2D eigenvalue weighted by atomic mass is 32.1. The first-order valence-electron chi connectivity index (χ1n) is 6.09. The van der Waals surface area contributed by atoms with Crippen molar-refractivity contribution in [3.8, 4) is 0 Å². The summed E-state index contributed by atoms with van der Waals surface area (Å²) in [5.74, 6) is 1.08. The van der Waals surface area contributed by atoms with Gasteiger partial charge in [0.2, 0.25) is 0 Å². The fourth-order valence-electron chi connectivity index (χ4n) is 2.05. The van der Waals surface area contributed by atoms with Crippen molar-refractivity contribution in [1.29, 1.82) is 0 Å². The van der Waals surface area contributed by atoms with Gasteiger partial charge >= 0.3 is 0 Å². The average Bonchev–Trinajstić information content (AvgIpc) is 2.85. The van der Waals surface area contributed by atoms with Gasteiger partial charge in [-0.15, -0.1) is 11.3 Å². The molecular formula is C13H20N4S. The third-order valence-corrected chi connectivity index (χ3v) is 4.21. The van der Waals surface area contributed by atoms with Gasteiger partial charge in [-0.2, -0.15) is 0 Å². The number of hydrogen-bond donors (Lipinski definition) is 0. The minimum Gasteiger partial charge on any atom is -0.337 e. The predicted molar refractivity (Wildman–Crippen MR) is 74.7 cm³/mol. The molecule has 4 nitrogen and oxygen atoms in total. The Hall–Kier alpha value is -1.20. The summed E-state index contributed by atoms with van der Waals surface area (Å²) in [6, 6.07) is 0.312. The molecule has 2 aromatic rings. The van der Waals surface area contributed by atoms with E-state index in [1.54, 1.807) is 11.3 Å². The molecule has 18 heavy (non-hydrogen) atoms. The maximum absolute atomic E-state index is 4.63. The Bertz CT molecular complexity index is 529. The van der Waals surface area contributed by atoms with E-state index in [-0.39, 0.29) is 0 Å². The van der Waals surface area contributed by atoms with Crippen molar-refractivity contribution in [1.82, 2.24) is 19.4 Å². The van der Waals surface area contributed by atoms with Gasteiger partial charge in [0.25, 0.3) is 0 Å². The monoisotopic (exact) mass is 264 g/mol. The number of nitrogens with zero attached hydrogens (tertiary/aromatic N) is 4. The van der Waals surface area contributed by atoms with Crippen LogP contribution < -0.4 is 0 Å². The van der Waals surface area contributed by atoms with E-state index in [0.717, 1.165) is 17.4 Å². The van der Waals surface area contributed by atoms with E-state index in [2.05, 4.69) is 47.3 Å². The van der Waals surface area contributed by atoms with E-state index in [4.69, 9.17) is 0 Å². The SMILES string of the molecule is Cc1nc([C@H](C)N(C)Cc2nccn2C)c(C)s1.